The first-order valence-electron chi connectivity index (χ1n) is 4.38. The van der Waals surface area contributed by atoms with E-state index in [4.69, 9.17) is 10.7 Å². The van der Waals surface area contributed by atoms with E-state index in [9.17, 15) is 8.42 Å². The number of hydrogen-bond donors (Lipinski definition) is 0. The number of fused-ring (bicyclic) bond motifs is 1. The average molecular weight is 261 g/mol. The molecule has 0 fully saturated rings. The molecule has 80 valence electrons. The molecule has 0 radical (unpaired) electrons. The van der Waals surface area contributed by atoms with Gasteiger partial charge in [0.15, 0.2) is 0 Å². The molecule has 0 spiro atoms. The lowest BCUT2D eigenvalue weighted by Gasteiger charge is -2.14. The van der Waals surface area contributed by atoms with Gasteiger partial charge in [0.05, 0.1) is 5.75 Å². The quantitative estimate of drug-likeness (QED) is 0.767. The predicted octanol–water partition coefficient (Wildman–Crippen LogP) is 2.74. The van der Waals surface area contributed by atoms with Gasteiger partial charge in [-0.3, -0.25) is 0 Å². The lowest BCUT2D eigenvalue weighted by Crippen LogP contribution is -2.05. The van der Waals surface area contributed by atoms with Crippen LogP contribution in [0, 0.1) is 0 Å². The summed E-state index contributed by atoms with van der Waals surface area (Å²) in [6.45, 7) is 0. The molecule has 0 saturated carbocycles. The molecule has 1 aromatic rings. The molecule has 1 aliphatic heterocycles. The minimum Gasteiger partial charge on any atom is -0.212 e. The SMILES string of the molecule is O=S(=O)(Cl)CC1=Cc2ccccc2SC1. The molecule has 5 heteroatoms. The second-order valence-corrected chi connectivity index (χ2v) is 7.11. The maximum atomic E-state index is 10.9. The Bertz CT molecular complexity index is 506. The van der Waals surface area contributed by atoms with Crippen LogP contribution in [0.5, 0.6) is 0 Å². The van der Waals surface area contributed by atoms with E-state index in [1.807, 2.05) is 30.3 Å². The largest absolute Gasteiger partial charge is 0.236 e. The second kappa shape index (κ2) is 4.20. The fraction of sp³-hybridized carbons (Fsp3) is 0.200. The summed E-state index contributed by atoms with van der Waals surface area (Å²) < 4.78 is 21.9. The van der Waals surface area contributed by atoms with Crippen molar-refractivity contribution in [2.24, 2.45) is 0 Å². The molecule has 2 rings (SSSR count). The van der Waals surface area contributed by atoms with E-state index in [2.05, 4.69) is 0 Å². The molecule has 0 unspecified atom stereocenters. The third-order valence-corrected chi connectivity index (χ3v) is 4.29. The van der Waals surface area contributed by atoms with Crippen LogP contribution in [0.15, 0.2) is 34.7 Å². The van der Waals surface area contributed by atoms with Crippen LogP contribution in [0.3, 0.4) is 0 Å². The molecule has 0 aromatic heterocycles. The summed E-state index contributed by atoms with van der Waals surface area (Å²) in [5.41, 5.74) is 1.93. The lowest BCUT2D eigenvalue weighted by atomic mass is 10.1. The van der Waals surface area contributed by atoms with Crippen molar-refractivity contribution >= 4 is 37.6 Å². The van der Waals surface area contributed by atoms with Crippen molar-refractivity contribution in [2.75, 3.05) is 11.5 Å². The molecule has 1 heterocycles. The standard InChI is InChI=1S/C10H9ClO2S2/c11-15(12,13)7-8-5-9-3-1-2-4-10(9)14-6-8/h1-5H,6-7H2. The molecule has 0 bridgehead atoms. The summed E-state index contributed by atoms with van der Waals surface area (Å²) in [6, 6.07) is 7.92. The minimum atomic E-state index is -3.44. The minimum absolute atomic E-state index is 0.0596. The Balaban J connectivity index is 2.30. The van der Waals surface area contributed by atoms with Crippen LogP contribution in [-0.2, 0) is 9.05 Å². The van der Waals surface area contributed by atoms with Crippen LogP contribution in [0.2, 0.25) is 0 Å². The van der Waals surface area contributed by atoms with E-state index in [0.717, 1.165) is 11.1 Å². The van der Waals surface area contributed by atoms with Crippen LogP contribution in [0.4, 0.5) is 0 Å². The highest BCUT2D eigenvalue weighted by Crippen LogP contribution is 2.32. The number of rotatable bonds is 2. The molecule has 0 saturated heterocycles. The molecule has 0 amide bonds. The van der Waals surface area contributed by atoms with E-state index < -0.39 is 9.05 Å². The van der Waals surface area contributed by atoms with Crippen molar-refractivity contribution < 1.29 is 8.42 Å². The normalized spacial score (nSPS) is 15.7. The van der Waals surface area contributed by atoms with Crippen molar-refractivity contribution in [2.45, 2.75) is 4.90 Å². The molecule has 0 N–H and O–H groups in total. The van der Waals surface area contributed by atoms with Crippen molar-refractivity contribution in [1.82, 2.24) is 0 Å². The van der Waals surface area contributed by atoms with Gasteiger partial charge in [0.1, 0.15) is 0 Å². The Labute approximate surface area is 97.8 Å². The summed E-state index contributed by atoms with van der Waals surface area (Å²) in [5, 5.41) is 0. The summed E-state index contributed by atoms with van der Waals surface area (Å²) in [5.74, 6) is 0.638. The van der Waals surface area contributed by atoms with Gasteiger partial charge in [0.25, 0.3) is 0 Å². The maximum Gasteiger partial charge on any atom is 0.236 e. The maximum absolute atomic E-state index is 10.9. The van der Waals surface area contributed by atoms with Gasteiger partial charge in [-0.1, -0.05) is 24.3 Å². The first-order chi connectivity index (χ1) is 7.04. The zero-order chi connectivity index (χ0) is 10.9. The summed E-state index contributed by atoms with van der Waals surface area (Å²) in [6.07, 6.45) is 1.91. The molecule has 2 nitrogen and oxygen atoms in total. The highest BCUT2D eigenvalue weighted by molar-refractivity contribution is 8.13. The highest BCUT2D eigenvalue weighted by Gasteiger charge is 2.15. The predicted molar refractivity (Wildman–Crippen MR) is 64.8 cm³/mol. The smallest absolute Gasteiger partial charge is 0.212 e. The molecular weight excluding hydrogens is 252 g/mol. The van der Waals surface area contributed by atoms with E-state index in [1.54, 1.807) is 11.8 Å². The van der Waals surface area contributed by atoms with Crippen molar-refractivity contribution in [3.63, 3.8) is 0 Å². The molecule has 0 atom stereocenters. The van der Waals surface area contributed by atoms with Crippen molar-refractivity contribution in [3.05, 3.63) is 35.4 Å². The zero-order valence-electron chi connectivity index (χ0n) is 7.81. The summed E-state index contributed by atoms with van der Waals surface area (Å²) >= 11 is 1.65. The Morgan fingerprint density at radius 2 is 2.07 bits per heavy atom. The fourth-order valence-electron chi connectivity index (χ4n) is 1.47. The van der Waals surface area contributed by atoms with Gasteiger partial charge in [0, 0.05) is 21.3 Å². The number of halogens is 1. The van der Waals surface area contributed by atoms with Gasteiger partial charge < -0.3 is 0 Å². The Morgan fingerprint density at radius 1 is 1.33 bits per heavy atom. The Hall–Kier alpha value is -0.450. The molecule has 1 aliphatic rings. The zero-order valence-corrected chi connectivity index (χ0v) is 10.2. The van der Waals surface area contributed by atoms with Crippen molar-refractivity contribution in [1.29, 1.82) is 0 Å². The fourth-order valence-corrected chi connectivity index (χ4v) is 3.64. The Morgan fingerprint density at radius 3 is 2.80 bits per heavy atom. The van der Waals surface area contributed by atoms with Crippen molar-refractivity contribution in [3.8, 4) is 0 Å². The lowest BCUT2D eigenvalue weighted by molar-refractivity contribution is 0.611. The number of hydrogen-bond acceptors (Lipinski definition) is 3. The third kappa shape index (κ3) is 3.00. The number of thioether (sulfide) groups is 1. The summed E-state index contributed by atoms with van der Waals surface area (Å²) in [7, 11) is 1.78. The van der Waals surface area contributed by atoms with Crippen LogP contribution < -0.4 is 0 Å². The Kier molecular flexibility index (Phi) is 3.09. The van der Waals surface area contributed by atoms with Crippen LogP contribution >= 0.6 is 22.4 Å². The first-order valence-corrected chi connectivity index (χ1v) is 7.84. The van der Waals surface area contributed by atoms with Crippen LogP contribution in [-0.4, -0.2) is 19.9 Å². The molecular formula is C10H9ClO2S2. The average Bonchev–Trinajstić information content (AvgIpc) is 2.15. The third-order valence-electron chi connectivity index (χ3n) is 2.05. The topological polar surface area (TPSA) is 34.1 Å². The second-order valence-electron chi connectivity index (χ2n) is 3.31. The number of benzene rings is 1. The van der Waals surface area contributed by atoms with Crippen LogP contribution in [0.1, 0.15) is 5.56 Å². The van der Waals surface area contributed by atoms with E-state index >= 15 is 0 Å². The first kappa shape index (κ1) is 11.0. The van der Waals surface area contributed by atoms with Gasteiger partial charge >= 0.3 is 0 Å². The highest BCUT2D eigenvalue weighted by atomic mass is 35.7. The molecule has 1 aromatic carbocycles. The molecule has 0 aliphatic carbocycles. The van der Waals surface area contributed by atoms with Gasteiger partial charge in [0.2, 0.25) is 9.05 Å². The van der Waals surface area contributed by atoms with Gasteiger partial charge in [-0.2, -0.15) is 0 Å². The van der Waals surface area contributed by atoms with Gasteiger partial charge in [-0.25, -0.2) is 8.42 Å². The van der Waals surface area contributed by atoms with Gasteiger partial charge in [-0.05, 0) is 17.2 Å². The van der Waals surface area contributed by atoms with E-state index in [-0.39, 0.29) is 5.75 Å². The van der Waals surface area contributed by atoms with Gasteiger partial charge in [-0.15, -0.1) is 11.8 Å². The van der Waals surface area contributed by atoms with Crippen LogP contribution in [0.25, 0.3) is 6.08 Å². The molecule has 15 heavy (non-hydrogen) atoms. The van der Waals surface area contributed by atoms with E-state index in [0.29, 0.717) is 5.75 Å². The monoisotopic (exact) mass is 260 g/mol. The summed E-state index contributed by atoms with van der Waals surface area (Å²) in [4.78, 5) is 1.19. The van der Waals surface area contributed by atoms with E-state index in [1.165, 1.54) is 4.90 Å².